The van der Waals surface area contributed by atoms with Gasteiger partial charge in [-0.1, -0.05) is 5.11 Å². The highest BCUT2D eigenvalue weighted by atomic mass is 32.1. The standard InChI is InChI=1S/C12H15N3O4S/c1-12(2,3)19-11(18)9(10(16)17)8-5-4-7(20-8)6-14-15-13/h4-5,9H,6H2,1-3H3,(H,16,17). The number of thiophene rings is 1. The van der Waals surface area contributed by atoms with Gasteiger partial charge in [-0.2, -0.15) is 0 Å². The predicted molar refractivity (Wildman–Crippen MR) is 73.4 cm³/mol. The molecule has 0 fully saturated rings. The Hall–Kier alpha value is -2.05. The van der Waals surface area contributed by atoms with Crippen molar-refractivity contribution < 1.29 is 19.4 Å². The van der Waals surface area contributed by atoms with E-state index in [0.717, 1.165) is 11.3 Å². The van der Waals surface area contributed by atoms with Gasteiger partial charge in [-0.3, -0.25) is 9.59 Å². The maximum absolute atomic E-state index is 11.9. The summed E-state index contributed by atoms with van der Waals surface area (Å²) >= 11 is 1.12. The molecule has 0 radical (unpaired) electrons. The first-order chi connectivity index (χ1) is 9.24. The molecule has 1 aromatic heterocycles. The molecule has 0 aliphatic heterocycles. The van der Waals surface area contributed by atoms with E-state index in [0.29, 0.717) is 9.75 Å². The average molecular weight is 297 g/mol. The quantitative estimate of drug-likeness (QED) is 0.296. The first-order valence-corrected chi connectivity index (χ1v) is 6.61. The Kier molecular flexibility index (Phi) is 5.12. The van der Waals surface area contributed by atoms with Crippen molar-refractivity contribution in [2.24, 2.45) is 5.11 Å². The highest BCUT2D eigenvalue weighted by Gasteiger charge is 2.33. The van der Waals surface area contributed by atoms with Crippen LogP contribution in [0.5, 0.6) is 0 Å². The molecule has 0 amide bonds. The van der Waals surface area contributed by atoms with Crippen molar-refractivity contribution in [1.29, 1.82) is 0 Å². The molecule has 0 aliphatic rings. The van der Waals surface area contributed by atoms with E-state index < -0.39 is 23.5 Å². The fraction of sp³-hybridized carbons (Fsp3) is 0.500. The lowest BCUT2D eigenvalue weighted by Crippen LogP contribution is -2.30. The summed E-state index contributed by atoms with van der Waals surface area (Å²) in [6, 6.07) is 3.17. The van der Waals surface area contributed by atoms with Crippen LogP contribution in [0.4, 0.5) is 0 Å². The Balaban J connectivity index is 2.96. The van der Waals surface area contributed by atoms with Crippen molar-refractivity contribution in [3.8, 4) is 0 Å². The van der Waals surface area contributed by atoms with Crippen molar-refractivity contribution in [2.45, 2.75) is 38.8 Å². The van der Waals surface area contributed by atoms with Crippen LogP contribution in [0, 0.1) is 0 Å². The van der Waals surface area contributed by atoms with E-state index in [9.17, 15) is 14.7 Å². The fourth-order valence-electron chi connectivity index (χ4n) is 1.44. The molecule has 8 heteroatoms. The van der Waals surface area contributed by atoms with E-state index in [4.69, 9.17) is 10.3 Å². The van der Waals surface area contributed by atoms with Gasteiger partial charge in [0.2, 0.25) is 0 Å². The molecular weight excluding hydrogens is 282 g/mol. The number of carbonyl (C=O) groups excluding carboxylic acids is 1. The third kappa shape index (κ3) is 4.56. The highest BCUT2D eigenvalue weighted by molar-refractivity contribution is 7.12. The van der Waals surface area contributed by atoms with E-state index in [1.165, 1.54) is 6.07 Å². The number of esters is 1. The zero-order valence-electron chi connectivity index (χ0n) is 11.4. The van der Waals surface area contributed by atoms with Crippen LogP contribution < -0.4 is 0 Å². The van der Waals surface area contributed by atoms with Gasteiger partial charge in [0.1, 0.15) is 5.60 Å². The molecule has 1 heterocycles. The number of aliphatic carboxylic acids is 1. The third-order valence-corrected chi connectivity index (χ3v) is 3.28. The SMILES string of the molecule is CC(C)(C)OC(=O)C(C(=O)O)c1ccc(CN=[N+]=[N-])s1. The lowest BCUT2D eigenvalue weighted by atomic mass is 10.1. The van der Waals surface area contributed by atoms with Gasteiger partial charge < -0.3 is 9.84 Å². The molecular formula is C12H15N3O4S. The van der Waals surface area contributed by atoms with Crippen molar-refractivity contribution in [1.82, 2.24) is 0 Å². The summed E-state index contributed by atoms with van der Waals surface area (Å²) in [6.45, 7) is 5.14. The summed E-state index contributed by atoms with van der Waals surface area (Å²) in [6.07, 6.45) is 0. The second kappa shape index (κ2) is 6.40. The van der Waals surface area contributed by atoms with Crippen LogP contribution in [0.1, 0.15) is 36.4 Å². The number of ether oxygens (including phenoxy) is 1. The number of nitrogens with zero attached hydrogens (tertiary/aromatic N) is 3. The number of carboxylic acids is 1. The van der Waals surface area contributed by atoms with Crippen LogP contribution in [0.15, 0.2) is 17.2 Å². The molecule has 1 atom stereocenters. The van der Waals surface area contributed by atoms with E-state index in [1.54, 1.807) is 26.8 Å². The monoisotopic (exact) mass is 297 g/mol. The van der Waals surface area contributed by atoms with Crippen LogP contribution in [0.25, 0.3) is 10.4 Å². The molecule has 1 N–H and O–H groups in total. The zero-order valence-corrected chi connectivity index (χ0v) is 12.2. The van der Waals surface area contributed by atoms with Crippen LogP contribution in [0.3, 0.4) is 0 Å². The highest BCUT2D eigenvalue weighted by Crippen LogP contribution is 2.28. The number of rotatable bonds is 5. The minimum absolute atomic E-state index is 0.127. The number of azide groups is 1. The largest absolute Gasteiger partial charge is 0.480 e. The van der Waals surface area contributed by atoms with Crippen molar-refractivity contribution >= 4 is 23.3 Å². The van der Waals surface area contributed by atoms with Gasteiger partial charge in [-0.15, -0.1) is 11.3 Å². The zero-order chi connectivity index (χ0) is 15.3. The van der Waals surface area contributed by atoms with Crippen LogP contribution in [0.2, 0.25) is 0 Å². The fourth-order valence-corrected chi connectivity index (χ4v) is 2.45. The Morgan fingerprint density at radius 2 is 2.15 bits per heavy atom. The molecule has 1 rings (SSSR count). The van der Waals surface area contributed by atoms with Gasteiger partial charge in [-0.05, 0) is 38.4 Å². The van der Waals surface area contributed by atoms with Crippen LogP contribution in [-0.2, 0) is 20.9 Å². The lowest BCUT2D eigenvalue weighted by molar-refractivity contribution is -0.162. The molecule has 1 unspecified atom stereocenters. The molecule has 0 bridgehead atoms. The normalized spacial score (nSPS) is 12.3. The van der Waals surface area contributed by atoms with Gasteiger partial charge in [0.15, 0.2) is 5.92 Å². The maximum atomic E-state index is 11.9. The molecule has 0 aromatic carbocycles. The smallest absolute Gasteiger partial charge is 0.326 e. The molecule has 0 saturated carbocycles. The number of carbonyl (C=O) groups is 2. The first-order valence-electron chi connectivity index (χ1n) is 5.79. The summed E-state index contributed by atoms with van der Waals surface area (Å²) in [5, 5.41) is 12.6. The number of hydrogen-bond donors (Lipinski definition) is 1. The molecule has 20 heavy (non-hydrogen) atoms. The van der Waals surface area contributed by atoms with E-state index in [2.05, 4.69) is 10.0 Å². The van der Waals surface area contributed by atoms with Gasteiger partial charge in [0, 0.05) is 14.7 Å². The first kappa shape index (κ1) is 16.0. The summed E-state index contributed by atoms with van der Waals surface area (Å²) in [5.41, 5.74) is 7.49. The molecule has 7 nitrogen and oxygen atoms in total. The van der Waals surface area contributed by atoms with Crippen molar-refractivity contribution in [3.05, 3.63) is 32.3 Å². The van der Waals surface area contributed by atoms with Gasteiger partial charge in [0.25, 0.3) is 0 Å². The van der Waals surface area contributed by atoms with E-state index in [-0.39, 0.29) is 6.54 Å². The Labute approximate surface area is 119 Å². The van der Waals surface area contributed by atoms with Crippen molar-refractivity contribution in [2.75, 3.05) is 0 Å². The van der Waals surface area contributed by atoms with Gasteiger partial charge in [0.05, 0.1) is 6.54 Å². The Morgan fingerprint density at radius 1 is 1.50 bits per heavy atom. The predicted octanol–water partition coefficient (Wildman–Crippen LogP) is 3.07. The van der Waals surface area contributed by atoms with Crippen molar-refractivity contribution in [3.63, 3.8) is 0 Å². The van der Waals surface area contributed by atoms with E-state index >= 15 is 0 Å². The second-order valence-corrected chi connectivity index (χ2v) is 6.20. The van der Waals surface area contributed by atoms with Crippen LogP contribution >= 0.6 is 11.3 Å². The van der Waals surface area contributed by atoms with Crippen LogP contribution in [-0.4, -0.2) is 22.6 Å². The molecule has 0 spiro atoms. The molecule has 108 valence electrons. The van der Waals surface area contributed by atoms with Gasteiger partial charge in [-0.25, -0.2) is 0 Å². The Morgan fingerprint density at radius 3 is 2.65 bits per heavy atom. The number of carboxylic acid groups (broad SMARTS) is 1. The maximum Gasteiger partial charge on any atom is 0.326 e. The average Bonchev–Trinajstić information content (AvgIpc) is 2.71. The molecule has 0 saturated heterocycles. The van der Waals surface area contributed by atoms with E-state index in [1.807, 2.05) is 0 Å². The Bertz CT molecular complexity index is 555. The third-order valence-electron chi connectivity index (χ3n) is 2.15. The topological polar surface area (TPSA) is 112 Å². The molecule has 0 aliphatic carbocycles. The summed E-state index contributed by atoms with van der Waals surface area (Å²) in [5.74, 6) is -3.43. The summed E-state index contributed by atoms with van der Waals surface area (Å²) in [7, 11) is 0. The minimum Gasteiger partial charge on any atom is -0.480 e. The second-order valence-electron chi connectivity index (χ2n) is 5.00. The minimum atomic E-state index is -1.36. The number of hydrogen-bond acceptors (Lipinski definition) is 5. The summed E-state index contributed by atoms with van der Waals surface area (Å²) in [4.78, 5) is 26.9. The summed E-state index contributed by atoms with van der Waals surface area (Å²) < 4.78 is 5.11. The van der Waals surface area contributed by atoms with Gasteiger partial charge >= 0.3 is 11.9 Å². The lowest BCUT2D eigenvalue weighted by Gasteiger charge is -2.21. The molecule has 1 aromatic rings.